The van der Waals surface area contributed by atoms with Crippen molar-refractivity contribution in [3.8, 4) is 0 Å². The summed E-state index contributed by atoms with van der Waals surface area (Å²) in [7, 11) is 0. The zero-order chi connectivity index (χ0) is 16.2. The average molecular weight is 317 g/mol. The summed E-state index contributed by atoms with van der Waals surface area (Å²) in [6.45, 7) is 1.96. The summed E-state index contributed by atoms with van der Waals surface area (Å²) in [5.74, 6) is -0.460. The maximum atomic E-state index is 12.9. The highest BCUT2D eigenvalue weighted by atomic mass is 16.5. The number of likely N-dealkylation sites (tertiary alicyclic amines) is 1. The number of carbonyl (C=O) groups excluding carboxylic acids is 1. The van der Waals surface area contributed by atoms with Crippen molar-refractivity contribution in [2.24, 2.45) is 5.92 Å². The van der Waals surface area contributed by atoms with Crippen LogP contribution in [0.4, 0.5) is 0 Å². The molecule has 1 fully saturated rings. The van der Waals surface area contributed by atoms with Crippen molar-refractivity contribution in [1.29, 1.82) is 0 Å². The number of amides is 1. The van der Waals surface area contributed by atoms with Crippen LogP contribution in [0.5, 0.6) is 0 Å². The molecule has 0 aromatic heterocycles. The molecule has 2 aliphatic heterocycles. The second-order valence-corrected chi connectivity index (χ2v) is 6.42. The average Bonchev–Trinajstić information content (AvgIpc) is 2.59. The summed E-state index contributed by atoms with van der Waals surface area (Å²) in [6.07, 6.45) is 3.10. The molecule has 1 aromatic carbocycles. The van der Waals surface area contributed by atoms with Crippen LogP contribution in [0.25, 0.3) is 0 Å². The van der Waals surface area contributed by atoms with Gasteiger partial charge in [-0.15, -0.1) is 0 Å². The quantitative estimate of drug-likeness (QED) is 0.926. The Morgan fingerprint density at radius 1 is 1.30 bits per heavy atom. The lowest BCUT2D eigenvalue weighted by Crippen LogP contribution is -2.44. The monoisotopic (exact) mass is 317 g/mol. The smallest absolute Gasteiger partial charge is 0.303 e. The number of carboxylic acids is 1. The van der Waals surface area contributed by atoms with Gasteiger partial charge in [-0.25, -0.2) is 0 Å². The highest BCUT2D eigenvalue weighted by Gasteiger charge is 2.33. The second-order valence-electron chi connectivity index (χ2n) is 6.42. The molecule has 2 aliphatic rings. The van der Waals surface area contributed by atoms with E-state index in [-0.39, 0.29) is 18.2 Å². The Hall–Kier alpha value is -1.88. The third-order valence-electron chi connectivity index (χ3n) is 4.81. The van der Waals surface area contributed by atoms with Crippen LogP contribution in [0, 0.1) is 5.92 Å². The molecule has 0 spiro atoms. The van der Waals surface area contributed by atoms with Crippen molar-refractivity contribution in [1.82, 2.24) is 4.90 Å². The van der Waals surface area contributed by atoms with Crippen LogP contribution in [0.3, 0.4) is 0 Å². The molecule has 0 unspecified atom stereocenters. The molecular weight excluding hydrogens is 294 g/mol. The molecule has 124 valence electrons. The summed E-state index contributed by atoms with van der Waals surface area (Å²) in [4.78, 5) is 25.5. The maximum absolute atomic E-state index is 12.9. The van der Waals surface area contributed by atoms with Crippen LogP contribution in [-0.4, -0.2) is 41.6 Å². The van der Waals surface area contributed by atoms with Crippen LogP contribution >= 0.6 is 0 Å². The van der Waals surface area contributed by atoms with E-state index in [1.54, 1.807) is 0 Å². The van der Waals surface area contributed by atoms with E-state index in [1.807, 2.05) is 23.1 Å². The summed E-state index contributed by atoms with van der Waals surface area (Å²) in [5, 5.41) is 8.83. The Bertz CT molecular complexity index is 586. The predicted octanol–water partition coefficient (Wildman–Crippen LogP) is 2.40. The van der Waals surface area contributed by atoms with Gasteiger partial charge < -0.3 is 14.7 Å². The topological polar surface area (TPSA) is 66.8 Å². The Balaban J connectivity index is 1.67. The summed E-state index contributed by atoms with van der Waals surface area (Å²) >= 11 is 0. The van der Waals surface area contributed by atoms with E-state index in [9.17, 15) is 9.59 Å². The van der Waals surface area contributed by atoms with E-state index in [1.165, 1.54) is 5.56 Å². The second kappa shape index (κ2) is 7.13. The lowest BCUT2D eigenvalue weighted by molar-refractivity contribution is -0.147. The summed E-state index contributed by atoms with van der Waals surface area (Å²) in [6, 6.07) is 7.97. The van der Waals surface area contributed by atoms with Gasteiger partial charge in [0.25, 0.3) is 5.91 Å². The van der Waals surface area contributed by atoms with Crippen LogP contribution in [-0.2, 0) is 20.7 Å². The predicted molar refractivity (Wildman–Crippen MR) is 85.0 cm³/mol. The molecule has 0 bridgehead atoms. The number of hydrogen-bond donors (Lipinski definition) is 1. The highest BCUT2D eigenvalue weighted by molar-refractivity contribution is 5.83. The fourth-order valence-electron chi connectivity index (χ4n) is 3.59. The lowest BCUT2D eigenvalue weighted by Gasteiger charge is -2.36. The van der Waals surface area contributed by atoms with Crippen LogP contribution in [0.15, 0.2) is 24.3 Å². The summed E-state index contributed by atoms with van der Waals surface area (Å²) in [5.41, 5.74) is 2.17. The number of aliphatic carboxylic acids is 1. The van der Waals surface area contributed by atoms with E-state index in [0.717, 1.165) is 31.4 Å². The number of hydrogen-bond acceptors (Lipinski definition) is 3. The first-order valence-corrected chi connectivity index (χ1v) is 8.35. The molecule has 0 radical (unpaired) electrons. The van der Waals surface area contributed by atoms with Gasteiger partial charge in [0, 0.05) is 19.5 Å². The van der Waals surface area contributed by atoms with Crippen molar-refractivity contribution in [3.63, 3.8) is 0 Å². The van der Waals surface area contributed by atoms with Crippen molar-refractivity contribution < 1.29 is 19.4 Å². The zero-order valence-corrected chi connectivity index (χ0v) is 13.2. The van der Waals surface area contributed by atoms with Gasteiger partial charge in [-0.05, 0) is 42.7 Å². The highest BCUT2D eigenvalue weighted by Crippen LogP contribution is 2.30. The van der Waals surface area contributed by atoms with Crippen molar-refractivity contribution >= 4 is 11.9 Å². The van der Waals surface area contributed by atoms with Crippen LogP contribution in [0.1, 0.15) is 42.9 Å². The number of benzene rings is 1. The first-order chi connectivity index (χ1) is 11.1. The van der Waals surface area contributed by atoms with Gasteiger partial charge >= 0.3 is 5.97 Å². The molecule has 1 N–H and O–H groups in total. The van der Waals surface area contributed by atoms with Gasteiger partial charge in [0.1, 0.15) is 0 Å². The molecule has 23 heavy (non-hydrogen) atoms. The van der Waals surface area contributed by atoms with Gasteiger partial charge in [-0.2, -0.15) is 0 Å². The third kappa shape index (κ3) is 3.72. The molecule has 0 aliphatic carbocycles. The molecule has 1 amide bonds. The fraction of sp³-hybridized carbons (Fsp3) is 0.556. The Labute approximate surface area is 136 Å². The van der Waals surface area contributed by atoms with E-state index in [4.69, 9.17) is 9.84 Å². The Morgan fingerprint density at radius 3 is 2.96 bits per heavy atom. The maximum Gasteiger partial charge on any atom is 0.303 e. The van der Waals surface area contributed by atoms with Gasteiger partial charge in [0.2, 0.25) is 0 Å². The van der Waals surface area contributed by atoms with Crippen molar-refractivity contribution in [3.05, 3.63) is 35.4 Å². The minimum atomic E-state index is -0.766. The Kier molecular flexibility index (Phi) is 4.96. The number of ether oxygens (including phenoxy) is 1. The standard InChI is InChI=1S/C18H23NO4/c20-16(21)8-7-13-4-3-10-19(12-13)18(22)17-15-6-2-1-5-14(15)9-11-23-17/h1-2,5-6,13,17H,3-4,7-12H2,(H,20,21)/t13-,17-/m0/s1. The van der Waals surface area contributed by atoms with Gasteiger partial charge in [-0.1, -0.05) is 24.3 Å². The minimum Gasteiger partial charge on any atom is -0.481 e. The third-order valence-corrected chi connectivity index (χ3v) is 4.81. The summed E-state index contributed by atoms with van der Waals surface area (Å²) < 4.78 is 5.77. The molecule has 2 heterocycles. The SMILES string of the molecule is O=C(O)CC[C@@H]1CCCN(C(=O)[C@H]2OCCc3ccccc32)C1. The van der Waals surface area contributed by atoms with Gasteiger partial charge in [0.05, 0.1) is 6.61 Å². The molecule has 1 saturated heterocycles. The van der Waals surface area contributed by atoms with Crippen LogP contribution < -0.4 is 0 Å². The normalized spacial score (nSPS) is 24.1. The number of piperidine rings is 1. The molecular formula is C18H23NO4. The van der Waals surface area contributed by atoms with E-state index < -0.39 is 12.1 Å². The first kappa shape index (κ1) is 16.0. The molecule has 1 aromatic rings. The van der Waals surface area contributed by atoms with Crippen molar-refractivity contribution in [2.75, 3.05) is 19.7 Å². The molecule has 5 nitrogen and oxygen atoms in total. The number of nitrogens with zero attached hydrogens (tertiary/aromatic N) is 1. The number of carbonyl (C=O) groups is 2. The number of carboxylic acid groups (broad SMARTS) is 1. The number of rotatable bonds is 4. The van der Waals surface area contributed by atoms with Crippen LogP contribution in [0.2, 0.25) is 0 Å². The largest absolute Gasteiger partial charge is 0.481 e. The minimum absolute atomic E-state index is 0.0252. The Morgan fingerprint density at radius 2 is 2.13 bits per heavy atom. The van der Waals surface area contributed by atoms with Gasteiger partial charge in [-0.3, -0.25) is 9.59 Å². The lowest BCUT2D eigenvalue weighted by atomic mass is 9.92. The number of fused-ring (bicyclic) bond motifs is 1. The van der Waals surface area contributed by atoms with E-state index in [2.05, 4.69) is 6.07 Å². The van der Waals surface area contributed by atoms with E-state index in [0.29, 0.717) is 19.6 Å². The first-order valence-electron chi connectivity index (χ1n) is 8.35. The van der Waals surface area contributed by atoms with Crippen molar-refractivity contribution in [2.45, 2.75) is 38.2 Å². The fourth-order valence-corrected chi connectivity index (χ4v) is 3.59. The molecule has 5 heteroatoms. The molecule has 3 rings (SSSR count). The zero-order valence-electron chi connectivity index (χ0n) is 13.2. The molecule has 0 saturated carbocycles. The van der Waals surface area contributed by atoms with E-state index >= 15 is 0 Å². The molecule has 2 atom stereocenters. The van der Waals surface area contributed by atoms with Gasteiger partial charge in [0.15, 0.2) is 6.10 Å².